The number of aryl methyl sites for hydroxylation is 1. The van der Waals surface area contributed by atoms with Gasteiger partial charge in [0.2, 0.25) is 5.28 Å². The summed E-state index contributed by atoms with van der Waals surface area (Å²) < 4.78 is 0. The third-order valence-electron chi connectivity index (χ3n) is 3.53. The molecule has 0 atom stereocenters. The number of fused-ring (bicyclic) bond motifs is 1. The first-order chi connectivity index (χ1) is 10.1. The van der Waals surface area contributed by atoms with E-state index < -0.39 is 0 Å². The number of hydrogen-bond donors (Lipinski definition) is 2. The summed E-state index contributed by atoms with van der Waals surface area (Å²) in [5.41, 5.74) is 5.27. The molecule has 1 aromatic heterocycles. The van der Waals surface area contributed by atoms with E-state index in [1.807, 2.05) is 6.92 Å². The molecule has 0 bridgehead atoms. The predicted octanol–water partition coefficient (Wildman–Crippen LogP) is 4.26. The van der Waals surface area contributed by atoms with E-state index in [0.717, 1.165) is 29.8 Å². The van der Waals surface area contributed by atoms with Crippen LogP contribution in [0.15, 0.2) is 31.0 Å². The van der Waals surface area contributed by atoms with E-state index in [0.29, 0.717) is 5.82 Å². The van der Waals surface area contributed by atoms with Crippen molar-refractivity contribution in [1.29, 1.82) is 0 Å². The number of hydrogen-bond acceptors (Lipinski definition) is 4. The quantitative estimate of drug-likeness (QED) is 0.831. The van der Waals surface area contributed by atoms with Crippen LogP contribution < -0.4 is 10.6 Å². The van der Waals surface area contributed by atoms with Gasteiger partial charge in [0, 0.05) is 29.7 Å². The largest absolute Gasteiger partial charge is 0.385 e. The number of nitrogens with one attached hydrogen (secondary N) is 2. The zero-order valence-corrected chi connectivity index (χ0v) is 12.7. The maximum absolute atomic E-state index is 5.90. The molecular weight excluding hydrogens is 284 g/mol. The van der Waals surface area contributed by atoms with Crippen molar-refractivity contribution < 1.29 is 0 Å². The van der Waals surface area contributed by atoms with Crippen LogP contribution in [0.2, 0.25) is 5.28 Å². The van der Waals surface area contributed by atoms with Gasteiger partial charge in [-0.2, -0.15) is 4.98 Å². The standard InChI is InChI=1S/C16H17ClN4/c1-10(2)13-9-19-16(17)21-15(13)20-12-6-5-11-4-3-7-18-14(11)8-12/h5-6,8-9,18H,1,3-4,7H2,2H3,(H,19,20,21). The Bertz CT molecular complexity index is 697. The van der Waals surface area contributed by atoms with Crippen molar-refractivity contribution >= 4 is 34.4 Å². The minimum absolute atomic E-state index is 0.221. The highest BCUT2D eigenvalue weighted by atomic mass is 35.5. The number of halogens is 1. The molecule has 21 heavy (non-hydrogen) atoms. The van der Waals surface area contributed by atoms with Crippen LogP contribution in [-0.4, -0.2) is 16.5 Å². The molecule has 0 radical (unpaired) electrons. The van der Waals surface area contributed by atoms with Gasteiger partial charge in [0.05, 0.1) is 0 Å². The maximum atomic E-state index is 5.90. The highest BCUT2D eigenvalue weighted by Gasteiger charge is 2.11. The molecule has 0 aliphatic carbocycles. The summed E-state index contributed by atoms with van der Waals surface area (Å²) in [7, 11) is 0. The Morgan fingerprint density at radius 2 is 2.29 bits per heavy atom. The van der Waals surface area contributed by atoms with Crippen molar-refractivity contribution in [3.05, 3.63) is 47.4 Å². The Kier molecular flexibility index (Phi) is 3.80. The van der Waals surface area contributed by atoms with Crippen LogP contribution in [0.3, 0.4) is 0 Å². The molecule has 0 amide bonds. The van der Waals surface area contributed by atoms with Crippen LogP contribution in [0.4, 0.5) is 17.2 Å². The lowest BCUT2D eigenvalue weighted by Crippen LogP contribution is -2.11. The average Bonchev–Trinajstić information content (AvgIpc) is 2.47. The first kappa shape index (κ1) is 13.9. The number of aromatic nitrogens is 2. The van der Waals surface area contributed by atoms with Crippen molar-refractivity contribution in [2.75, 3.05) is 17.2 Å². The lowest BCUT2D eigenvalue weighted by atomic mass is 10.0. The van der Waals surface area contributed by atoms with E-state index in [9.17, 15) is 0 Å². The molecular formula is C16H17ClN4. The molecule has 0 unspecified atom stereocenters. The third kappa shape index (κ3) is 3.00. The first-order valence-electron chi connectivity index (χ1n) is 6.96. The molecule has 5 heteroatoms. The van der Waals surface area contributed by atoms with Crippen LogP contribution in [0.25, 0.3) is 5.57 Å². The minimum Gasteiger partial charge on any atom is -0.385 e. The van der Waals surface area contributed by atoms with E-state index >= 15 is 0 Å². The lowest BCUT2D eigenvalue weighted by molar-refractivity contribution is 0.830. The number of rotatable bonds is 3. The molecule has 2 N–H and O–H groups in total. The Labute approximate surface area is 129 Å². The van der Waals surface area contributed by atoms with Gasteiger partial charge in [-0.05, 0) is 54.6 Å². The molecule has 108 valence electrons. The second-order valence-electron chi connectivity index (χ2n) is 5.21. The summed E-state index contributed by atoms with van der Waals surface area (Å²) in [5, 5.41) is 6.95. The summed E-state index contributed by atoms with van der Waals surface area (Å²) in [6.45, 7) is 6.90. The molecule has 2 heterocycles. The SMILES string of the molecule is C=C(C)c1cnc(Cl)nc1Nc1ccc2c(c1)NCCC2. The predicted molar refractivity (Wildman–Crippen MR) is 88.3 cm³/mol. The summed E-state index contributed by atoms with van der Waals surface area (Å²) in [5.74, 6) is 0.679. The fourth-order valence-corrected chi connectivity index (χ4v) is 2.58. The number of nitrogens with zero attached hydrogens (tertiary/aromatic N) is 2. The molecule has 0 fully saturated rings. The van der Waals surface area contributed by atoms with Gasteiger partial charge in [0.15, 0.2) is 0 Å². The summed E-state index contributed by atoms with van der Waals surface area (Å²) in [6.07, 6.45) is 4.00. The second kappa shape index (κ2) is 5.74. The molecule has 0 saturated carbocycles. The maximum Gasteiger partial charge on any atom is 0.224 e. The first-order valence-corrected chi connectivity index (χ1v) is 7.33. The van der Waals surface area contributed by atoms with E-state index in [-0.39, 0.29) is 5.28 Å². The van der Waals surface area contributed by atoms with Gasteiger partial charge in [-0.25, -0.2) is 4.98 Å². The van der Waals surface area contributed by atoms with Crippen LogP contribution in [0.1, 0.15) is 24.5 Å². The zero-order chi connectivity index (χ0) is 14.8. The van der Waals surface area contributed by atoms with E-state index in [2.05, 4.69) is 45.4 Å². The Hall–Kier alpha value is -2.07. The highest BCUT2D eigenvalue weighted by molar-refractivity contribution is 6.28. The van der Waals surface area contributed by atoms with Crippen LogP contribution in [-0.2, 0) is 6.42 Å². The van der Waals surface area contributed by atoms with Crippen molar-refractivity contribution in [2.24, 2.45) is 0 Å². The lowest BCUT2D eigenvalue weighted by Gasteiger charge is -2.19. The molecule has 4 nitrogen and oxygen atoms in total. The zero-order valence-electron chi connectivity index (χ0n) is 11.9. The van der Waals surface area contributed by atoms with Gasteiger partial charge in [0.25, 0.3) is 0 Å². The van der Waals surface area contributed by atoms with Crippen molar-refractivity contribution in [1.82, 2.24) is 9.97 Å². The highest BCUT2D eigenvalue weighted by Crippen LogP contribution is 2.29. The van der Waals surface area contributed by atoms with E-state index in [1.54, 1.807) is 6.20 Å². The summed E-state index contributed by atoms with van der Waals surface area (Å²) in [6, 6.07) is 6.31. The molecule has 1 aliphatic rings. The Balaban J connectivity index is 1.93. The van der Waals surface area contributed by atoms with Crippen LogP contribution in [0, 0.1) is 0 Å². The normalized spacial score (nSPS) is 13.2. The number of anilines is 3. The topological polar surface area (TPSA) is 49.8 Å². The van der Waals surface area contributed by atoms with Gasteiger partial charge >= 0.3 is 0 Å². The van der Waals surface area contributed by atoms with Gasteiger partial charge in [-0.3, -0.25) is 0 Å². The van der Waals surface area contributed by atoms with E-state index in [4.69, 9.17) is 11.6 Å². The molecule has 3 rings (SSSR count). The van der Waals surface area contributed by atoms with Gasteiger partial charge in [0.1, 0.15) is 5.82 Å². The van der Waals surface area contributed by atoms with Crippen molar-refractivity contribution in [3.8, 4) is 0 Å². The molecule has 0 spiro atoms. The molecule has 2 aromatic rings. The minimum atomic E-state index is 0.221. The molecule has 0 saturated heterocycles. The average molecular weight is 301 g/mol. The molecule has 1 aliphatic heterocycles. The number of benzene rings is 1. The molecule has 1 aromatic carbocycles. The van der Waals surface area contributed by atoms with Gasteiger partial charge in [-0.1, -0.05) is 12.6 Å². The van der Waals surface area contributed by atoms with Crippen molar-refractivity contribution in [2.45, 2.75) is 19.8 Å². The third-order valence-corrected chi connectivity index (χ3v) is 3.71. The monoisotopic (exact) mass is 300 g/mol. The van der Waals surface area contributed by atoms with Crippen LogP contribution in [0.5, 0.6) is 0 Å². The van der Waals surface area contributed by atoms with Gasteiger partial charge < -0.3 is 10.6 Å². The van der Waals surface area contributed by atoms with Gasteiger partial charge in [-0.15, -0.1) is 0 Å². The second-order valence-corrected chi connectivity index (χ2v) is 5.55. The smallest absolute Gasteiger partial charge is 0.224 e. The summed E-state index contributed by atoms with van der Waals surface area (Å²) in [4.78, 5) is 8.28. The fraction of sp³-hybridized carbons (Fsp3) is 0.250. The Morgan fingerprint density at radius 1 is 1.43 bits per heavy atom. The van der Waals surface area contributed by atoms with Crippen molar-refractivity contribution in [3.63, 3.8) is 0 Å². The van der Waals surface area contributed by atoms with E-state index in [1.165, 1.54) is 17.7 Å². The Morgan fingerprint density at radius 3 is 3.10 bits per heavy atom. The number of allylic oxidation sites excluding steroid dienone is 1. The fourth-order valence-electron chi connectivity index (χ4n) is 2.44. The van der Waals surface area contributed by atoms with Crippen LogP contribution >= 0.6 is 11.6 Å². The summed E-state index contributed by atoms with van der Waals surface area (Å²) >= 11 is 5.90.